The van der Waals surface area contributed by atoms with Crippen LogP contribution >= 0.6 is 11.6 Å². The van der Waals surface area contributed by atoms with Gasteiger partial charge in [-0.3, -0.25) is 0 Å². The SMILES string of the molecule is Nc1cc(Cl)ccc1Oc1ccc2c(c1)CCC2. The van der Waals surface area contributed by atoms with Gasteiger partial charge in [0, 0.05) is 5.02 Å². The number of hydrogen-bond acceptors (Lipinski definition) is 2. The Labute approximate surface area is 111 Å². The van der Waals surface area contributed by atoms with Crippen molar-refractivity contribution in [1.82, 2.24) is 0 Å². The van der Waals surface area contributed by atoms with Crippen molar-refractivity contribution < 1.29 is 4.74 Å². The van der Waals surface area contributed by atoms with Crippen molar-refractivity contribution in [2.24, 2.45) is 0 Å². The standard InChI is InChI=1S/C15H14ClNO/c16-12-5-7-15(14(17)9-12)18-13-6-4-10-2-1-3-11(10)8-13/h4-9H,1-3,17H2. The summed E-state index contributed by atoms with van der Waals surface area (Å²) < 4.78 is 5.81. The molecule has 0 spiro atoms. The van der Waals surface area contributed by atoms with Gasteiger partial charge in [0.15, 0.2) is 0 Å². The number of hydrogen-bond donors (Lipinski definition) is 1. The lowest BCUT2D eigenvalue weighted by Crippen LogP contribution is -1.92. The second-order valence-electron chi connectivity index (χ2n) is 4.57. The van der Waals surface area contributed by atoms with E-state index in [1.165, 1.54) is 24.0 Å². The highest BCUT2D eigenvalue weighted by molar-refractivity contribution is 6.30. The van der Waals surface area contributed by atoms with E-state index >= 15 is 0 Å². The number of nitrogens with two attached hydrogens (primary N) is 1. The molecule has 2 aromatic carbocycles. The van der Waals surface area contributed by atoms with Gasteiger partial charge in [-0.15, -0.1) is 0 Å². The summed E-state index contributed by atoms with van der Waals surface area (Å²) in [5.41, 5.74) is 9.26. The third-order valence-electron chi connectivity index (χ3n) is 3.27. The lowest BCUT2D eigenvalue weighted by atomic mass is 10.1. The molecular formula is C15H14ClNO. The van der Waals surface area contributed by atoms with Crippen molar-refractivity contribution in [2.45, 2.75) is 19.3 Å². The maximum atomic E-state index is 5.87. The van der Waals surface area contributed by atoms with Crippen LogP contribution in [-0.4, -0.2) is 0 Å². The van der Waals surface area contributed by atoms with E-state index in [-0.39, 0.29) is 0 Å². The Bertz CT molecular complexity index is 595. The van der Waals surface area contributed by atoms with Crippen LogP contribution in [0.3, 0.4) is 0 Å². The molecule has 0 amide bonds. The summed E-state index contributed by atoms with van der Waals surface area (Å²) in [6.45, 7) is 0. The Morgan fingerprint density at radius 2 is 1.83 bits per heavy atom. The lowest BCUT2D eigenvalue weighted by Gasteiger charge is -2.10. The Morgan fingerprint density at radius 3 is 2.67 bits per heavy atom. The van der Waals surface area contributed by atoms with Crippen molar-refractivity contribution >= 4 is 17.3 Å². The Balaban J connectivity index is 1.88. The molecule has 0 unspecified atom stereocenters. The third-order valence-corrected chi connectivity index (χ3v) is 3.50. The van der Waals surface area contributed by atoms with Crippen LogP contribution in [0.15, 0.2) is 36.4 Å². The molecule has 92 valence electrons. The number of ether oxygens (including phenoxy) is 1. The minimum atomic E-state index is 0.558. The quantitative estimate of drug-likeness (QED) is 0.821. The van der Waals surface area contributed by atoms with Crippen LogP contribution in [-0.2, 0) is 12.8 Å². The first-order chi connectivity index (χ1) is 8.72. The van der Waals surface area contributed by atoms with Gasteiger partial charge < -0.3 is 10.5 Å². The van der Waals surface area contributed by atoms with Crippen LogP contribution in [0.2, 0.25) is 5.02 Å². The first-order valence-corrected chi connectivity index (χ1v) is 6.45. The van der Waals surface area contributed by atoms with Crippen molar-refractivity contribution in [3.63, 3.8) is 0 Å². The zero-order valence-corrected chi connectivity index (χ0v) is 10.7. The average molecular weight is 260 g/mol. The molecule has 1 aliphatic rings. The van der Waals surface area contributed by atoms with Gasteiger partial charge in [0.1, 0.15) is 11.5 Å². The molecule has 0 atom stereocenters. The average Bonchev–Trinajstić information content (AvgIpc) is 2.80. The number of aryl methyl sites for hydroxylation is 2. The molecule has 3 rings (SSSR count). The van der Waals surface area contributed by atoms with Crippen LogP contribution in [0, 0.1) is 0 Å². The van der Waals surface area contributed by atoms with Gasteiger partial charge in [-0.25, -0.2) is 0 Å². The summed E-state index contributed by atoms with van der Waals surface area (Å²) >= 11 is 5.86. The fraction of sp³-hybridized carbons (Fsp3) is 0.200. The zero-order valence-electron chi connectivity index (χ0n) is 9.95. The molecule has 1 aliphatic carbocycles. The highest BCUT2D eigenvalue weighted by Gasteiger charge is 2.12. The summed E-state index contributed by atoms with van der Waals surface area (Å²) in [7, 11) is 0. The summed E-state index contributed by atoms with van der Waals surface area (Å²) in [4.78, 5) is 0. The van der Waals surface area contributed by atoms with Crippen LogP contribution < -0.4 is 10.5 Å². The number of rotatable bonds is 2. The lowest BCUT2D eigenvalue weighted by molar-refractivity contribution is 0.484. The Hall–Kier alpha value is -1.67. The number of anilines is 1. The first-order valence-electron chi connectivity index (χ1n) is 6.07. The second-order valence-corrected chi connectivity index (χ2v) is 5.00. The second kappa shape index (κ2) is 4.54. The van der Waals surface area contributed by atoms with Gasteiger partial charge in [0.25, 0.3) is 0 Å². The number of halogens is 1. The molecule has 2 aromatic rings. The Kier molecular flexibility index (Phi) is 2.88. The number of nitrogen functional groups attached to an aromatic ring is 1. The predicted molar refractivity (Wildman–Crippen MR) is 74.4 cm³/mol. The molecule has 0 fully saturated rings. The highest BCUT2D eigenvalue weighted by atomic mass is 35.5. The fourth-order valence-corrected chi connectivity index (χ4v) is 2.53. The van der Waals surface area contributed by atoms with E-state index in [1.54, 1.807) is 18.2 Å². The minimum absolute atomic E-state index is 0.558. The van der Waals surface area contributed by atoms with Gasteiger partial charge in [0.05, 0.1) is 5.69 Å². The molecular weight excluding hydrogens is 246 g/mol. The van der Waals surface area contributed by atoms with E-state index in [0.717, 1.165) is 12.2 Å². The molecule has 3 heteroatoms. The zero-order chi connectivity index (χ0) is 12.5. The van der Waals surface area contributed by atoms with Crippen molar-refractivity contribution in [1.29, 1.82) is 0 Å². The molecule has 0 saturated heterocycles. The highest BCUT2D eigenvalue weighted by Crippen LogP contribution is 2.32. The van der Waals surface area contributed by atoms with E-state index in [0.29, 0.717) is 16.5 Å². The molecule has 0 heterocycles. The van der Waals surface area contributed by atoms with E-state index in [4.69, 9.17) is 22.1 Å². The number of fused-ring (bicyclic) bond motifs is 1. The van der Waals surface area contributed by atoms with Gasteiger partial charge in [0.2, 0.25) is 0 Å². The summed E-state index contributed by atoms with van der Waals surface area (Å²) in [5.74, 6) is 1.49. The maximum Gasteiger partial charge on any atom is 0.150 e. The van der Waals surface area contributed by atoms with E-state index in [1.807, 2.05) is 6.07 Å². The molecule has 2 nitrogen and oxygen atoms in total. The van der Waals surface area contributed by atoms with E-state index < -0.39 is 0 Å². The third kappa shape index (κ3) is 2.16. The monoisotopic (exact) mass is 259 g/mol. The van der Waals surface area contributed by atoms with Gasteiger partial charge in [-0.05, 0) is 60.7 Å². The van der Waals surface area contributed by atoms with Crippen molar-refractivity contribution in [3.05, 3.63) is 52.5 Å². The molecule has 0 radical (unpaired) electrons. The normalized spacial score (nSPS) is 13.4. The van der Waals surface area contributed by atoms with E-state index in [2.05, 4.69) is 12.1 Å². The van der Waals surface area contributed by atoms with Crippen LogP contribution in [0.4, 0.5) is 5.69 Å². The predicted octanol–water partition coefficient (Wildman–Crippen LogP) is 4.20. The smallest absolute Gasteiger partial charge is 0.150 e. The van der Waals surface area contributed by atoms with Crippen LogP contribution in [0.5, 0.6) is 11.5 Å². The minimum Gasteiger partial charge on any atom is -0.455 e. The molecule has 0 aliphatic heterocycles. The molecule has 2 N–H and O–H groups in total. The maximum absolute atomic E-state index is 5.87. The largest absolute Gasteiger partial charge is 0.455 e. The molecule has 0 aromatic heterocycles. The van der Waals surface area contributed by atoms with Gasteiger partial charge in [-0.2, -0.15) is 0 Å². The van der Waals surface area contributed by atoms with Crippen molar-refractivity contribution in [2.75, 3.05) is 5.73 Å². The Morgan fingerprint density at radius 1 is 1.00 bits per heavy atom. The number of benzene rings is 2. The summed E-state index contributed by atoms with van der Waals surface area (Å²) in [5, 5.41) is 0.619. The van der Waals surface area contributed by atoms with Crippen molar-refractivity contribution in [3.8, 4) is 11.5 Å². The molecule has 0 saturated carbocycles. The van der Waals surface area contributed by atoms with Gasteiger partial charge >= 0.3 is 0 Å². The summed E-state index contributed by atoms with van der Waals surface area (Å²) in [6.07, 6.45) is 3.56. The van der Waals surface area contributed by atoms with E-state index in [9.17, 15) is 0 Å². The first kappa shape index (κ1) is 11.4. The molecule has 18 heavy (non-hydrogen) atoms. The van der Waals surface area contributed by atoms with Crippen LogP contribution in [0.25, 0.3) is 0 Å². The topological polar surface area (TPSA) is 35.2 Å². The fourth-order valence-electron chi connectivity index (χ4n) is 2.35. The van der Waals surface area contributed by atoms with Crippen LogP contribution in [0.1, 0.15) is 17.5 Å². The molecule has 0 bridgehead atoms. The van der Waals surface area contributed by atoms with Gasteiger partial charge in [-0.1, -0.05) is 17.7 Å². The summed E-state index contributed by atoms with van der Waals surface area (Å²) in [6, 6.07) is 11.5.